The highest BCUT2D eigenvalue weighted by molar-refractivity contribution is 5.82. The van der Waals surface area contributed by atoms with Crippen LogP contribution < -0.4 is 4.74 Å². The van der Waals surface area contributed by atoms with E-state index in [1.165, 1.54) is 0 Å². The molecule has 1 fully saturated rings. The topological polar surface area (TPSA) is 72.8 Å². The van der Waals surface area contributed by atoms with Crippen molar-refractivity contribution >= 4 is 11.9 Å². The van der Waals surface area contributed by atoms with Crippen LogP contribution >= 0.6 is 0 Å². The molecule has 1 aromatic rings. The number of hydrogen-bond acceptors (Lipinski definition) is 4. The van der Waals surface area contributed by atoms with Crippen LogP contribution in [0.2, 0.25) is 0 Å². The van der Waals surface area contributed by atoms with E-state index >= 15 is 0 Å². The second-order valence-electron chi connectivity index (χ2n) is 4.80. The average molecular weight is 264 g/mol. The number of hydrogen-bond donors (Lipinski definition) is 1. The van der Waals surface area contributed by atoms with Crippen molar-refractivity contribution in [3.63, 3.8) is 0 Å². The Labute approximate surface area is 111 Å². The summed E-state index contributed by atoms with van der Waals surface area (Å²) in [5.41, 5.74) is 0.649. The first-order chi connectivity index (χ1) is 8.97. The summed E-state index contributed by atoms with van der Waals surface area (Å²) in [6.07, 6.45) is -0.799. The summed E-state index contributed by atoms with van der Waals surface area (Å²) in [4.78, 5) is 22.4. The predicted octanol–water partition coefficient (Wildman–Crippen LogP) is 2.16. The number of cyclic esters (lactones) is 1. The molecule has 0 amide bonds. The van der Waals surface area contributed by atoms with Gasteiger partial charge in [0.15, 0.2) is 0 Å². The highest BCUT2D eigenvalue weighted by Crippen LogP contribution is 2.36. The van der Waals surface area contributed by atoms with Gasteiger partial charge in [-0.2, -0.15) is 0 Å². The summed E-state index contributed by atoms with van der Waals surface area (Å²) >= 11 is 0. The van der Waals surface area contributed by atoms with Crippen LogP contribution in [0, 0.1) is 5.92 Å². The molecular formula is C14H16O5. The molecule has 19 heavy (non-hydrogen) atoms. The van der Waals surface area contributed by atoms with Crippen molar-refractivity contribution in [2.75, 3.05) is 0 Å². The first kappa shape index (κ1) is 13.4. The van der Waals surface area contributed by atoms with E-state index in [0.717, 1.165) is 0 Å². The van der Waals surface area contributed by atoms with Gasteiger partial charge in [-0.3, -0.25) is 9.59 Å². The number of esters is 1. The summed E-state index contributed by atoms with van der Waals surface area (Å²) in [5.74, 6) is -1.69. The molecule has 2 atom stereocenters. The van der Waals surface area contributed by atoms with Gasteiger partial charge in [0, 0.05) is 0 Å². The summed E-state index contributed by atoms with van der Waals surface area (Å²) in [7, 11) is 0. The molecule has 102 valence electrons. The van der Waals surface area contributed by atoms with Crippen molar-refractivity contribution in [2.24, 2.45) is 5.92 Å². The molecule has 1 saturated heterocycles. The SMILES string of the molecule is CC(C)Oc1cccc([C@H]2OC(=O)C[C@@H]2C(=O)O)c1. The number of carboxylic acid groups (broad SMARTS) is 1. The van der Waals surface area contributed by atoms with Crippen molar-refractivity contribution in [3.8, 4) is 5.75 Å². The number of aliphatic carboxylic acids is 1. The van der Waals surface area contributed by atoms with E-state index in [9.17, 15) is 9.59 Å². The van der Waals surface area contributed by atoms with Crippen molar-refractivity contribution in [1.29, 1.82) is 0 Å². The summed E-state index contributed by atoms with van der Waals surface area (Å²) in [6.45, 7) is 3.81. The largest absolute Gasteiger partial charge is 0.491 e. The van der Waals surface area contributed by atoms with Crippen LogP contribution in [0.15, 0.2) is 24.3 Å². The molecule has 5 heteroatoms. The third-order valence-electron chi connectivity index (χ3n) is 2.89. The summed E-state index contributed by atoms with van der Waals surface area (Å²) < 4.78 is 10.7. The highest BCUT2D eigenvalue weighted by Gasteiger charge is 2.40. The Morgan fingerprint density at radius 1 is 1.47 bits per heavy atom. The molecule has 0 saturated carbocycles. The average Bonchev–Trinajstić information content (AvgIpc) is 2.71. The van der Waals surface area contributed by atoms with Crippen LogP contribution in [0.5, 0.6) is 5.75 Å². The van der Waals surface area contributed by atoms with E-state index in [0.29, 0.717) is 11.3 Å². The first-order valence-corrected chi connectivity index (χ1v) is 6.16. The van der Waals surface area contributed by atoms with Crippen molar-refractivity contribution in [1.82, 2.24) is 0 Å². The van der Waals surface area contributed by atoms with Crippen LogP contribution in [-0.2, 0) is 14.3 Å². The number of carbonyl (C=O) groups excluding carboxylic acids is 1. The van der Waals surface area contributed by atoms with Crippen LogP contribution in [0.3, 0.4) is 0 Å². The van der Waals surface area contributed by atoms with E-state index in [4.69, 9.17) is 14.6 Å². The molecule has 0 spiro atoms. The zero-order valence-electron chi connectivity index (χ0n) is 10.8. The molecule has 0 bridgehead atoms. The molecule has 1 aliphatic heterocycles. The molecule has 1 aliphatic rings. The van der Waals surface area contributed by atoms with Gasteiger partial charge in [-0.05, 0) is 31.5 Å². The number of carbonyl (C=O) groups is 2. The minimum atomic E-state index is -1.02. The van der Waals surface area contributed by atoms with Gasteiger partial charge in [-0.15, -0.1) is 0 Å². The minimum absolute atomic E-state index is 0.0247. The Morgan fingerprint density at radius 3 is 2.84 bits per heavy atom. The van der Waals surface area contributed by atoms with Crippen LogP contribution in [0.1, 0.15) is 31.9 Å². The summed E-state index contributed by atoms with van der Waals surface area (Å²) in [5, 5.41) is 9.11. The number of ether oxygens (including phenoxy) is 2. The number of rotatable bonds is 4. The van der Waals surface area contributed by atoms with E-state index in [1.54, 1.807) is 24.3 Å². The van der Waals surface area contributed by atoms with E-state index < -0.39 is 24.0 Å². The molecule has 2 rings (SSSR count). The van der Waals surface area contributed by atoms with Gasteiger partial charge >= 0.3 is 11.9 Å². The van der Waals surface area contributed by atoms with Gasteiger partial charge in [-0.1, -0.05) is 12.1 Å². The third kappa shape index (κ3) is 3.05. The van der Waals surface area contributed by atoms with Crippen LogP contribution in [0.25, 0.3) is 0 Å². The van der Waals surface area contributed by atoms with Gasteiger partial charge in [0.25, 0.3) is 0 Å². The smallest absolute Gasteiger partial charge is 0.311 e. The zero-order chi connectivity index (χ0) is 14.0. The lowest BCUT2D eigenvalue weighted by Gasteiger charge is -2.16. The monoisotopic (exact) mass is 264 g/mol. The quantitative estimate of drug-likeness (QED) is 0.844. The molecule has 1 N–H and O–H groups in total. The van der Waals surface area contributed by atoms with Gasteiger partial charge in [0.2, 0.25) is 0 Å². The Morgan fingerprint density at radius 2 is 2.21 bits per heavy atom. The molecule has 1 heterocycles. The Balaban J connectivity index is 2.25. The number of benzene rings is 1. The molecule has 0 radical (unpaired) electrons. The Kier molecular flexibility index (Phi) is 3.74. The zero-order valence-corrected chi connectivity index (χ0v) is 10.8. The third-order valence-corrected chi connectivity index (χ3v) is 2.89. The molecule has 5 nitrogen and oxygen atoms in total. The van der Waals surface area contributed by atoms with E-state index in [-0.39, 0.29) is 12.5 Å². The number of carboxylic acids is 1. The van der Waals surface area contributed by atoms with E-state index in [2.05, 4.69) is 0 Å². The summed E-state index contributed by atoms with van der Waals surface area (Å²) in [6, 6.07) is 7.01. The van der Waals surface area contributed by atoms with Crippen LogP contribution in [-0.4, -0.2) is 23.1 Å². The Hall–Kier alpha value is -2.04. The fraction of sp³-hybridized carbons (Fsp3) is 0.429. The second-order valence-corrected chi connectivity index (χ2v) is 4.80. The van der Waals surface area contributed by atoms with Crippen molar-refractivity contribution in [2.45, 2.75) is 32.5 Å². The van der Waals surface area contributed by atoms with E-state index in [1.807, 2.05) is 13.8 Å². The molecule has 0 unspecified atom stereocenters. The molecule has 0 aromatic heterocycles. The maximum atomic E-state index is 11.3. The standard InChI is InChI=1S/C14H16O5/c1-8(2)18-10-5-3-4-9(6-10)13-11(14(16)17)7-12(15)19-13/h3-6,8,11,13H,7H2,1-2H3,(H,16,17)/t11-,13+/m0/s1. The molecular weight excluding hydrogens is 248 g/mol. The van der Waals surface area contributed by atoms with Crippen molar-refractivity contribution in [3.05, 3.63) is 29.8 Å². The second kappa shape index (κ2) is 5.30. The lowest BCUT2D eigenvalue weighted by molar-refractivity contribution is -0.144. The lowest BCUT2D eigenvalue weighted by atomic mass is 9.95. The highest BCUT2D eigenvalue weighted by atomic mass is 16.6. The first-order valence-electron chi connectivity index (χ1n) is 6.16. The molecule has 1 aromatic carbocycles. The fourth-order valence-corrected chi connectivity index (χ4v) is 2.11. The van der Waals surface area contributed by atoms with Crippen LogP contribution in [0.4, 0.5) is 0 Å². The normalized spacial score (nSPS) is 22.4. The molecule has 0 aliphatic carbocycles. The van der Waals surface area contributed by atoms with Gasteiger partial charge in [-0.25, -0.2) is 0 Å². The minimum Gasteiger partial charge on any atom is -0.491 e. The Bertz CT molecular complexity index is 494. The van der Waals surface area contributed by atoms with Crippen molar-refractivity contribution < 1.29 is 24.2 Å². The van der Waals surface area contributed by atoms with Gasteiger partial charge in [0.05, 0.1) is 12.5 Å². The predicted molar refractivity (Wildman–Crippen MR) is 66.8 cm³/mol. The maximum Gasteiger partial charge on any atom is 0.311 e. The van der Waals surface area contributed by atoms with Gasteiger partial charge in [0.1, 0.15) is 17.8 Å². The fourth-order valence-electron chi connectivity index (χ4n) is 2.11. The lowest BCUT2D eigenvalue weighted by Crippen LogP contribution is -2.17. The van der Waals surface area contributed by atoms with Gasteiger partial charge < -0.3 is 14.6 Å². The maximum absolute atomic E-state index is 11.3.